The van der Waals surface area contributed by atoms with Crippen LogP contribution >= 0.6 is 11.3 Å². The number of likely N-dealkylation sites (tertiary alicyclic amines) is 1. The highest BCUT2D eigenvalue weighted by molar-refractivity contribution is 7.14. The van der Waals surface area contributed by atoms with Crippen molar-refractivity contribution >= 4 is 39.1 Å². The highest BCUT2D eigenvalue weighted by atomic mass is 32.1. The average molecular weight is 382 g/mol. The van der Waals surface area contributed by atoms with E-state index in [0.717, 1.165) is 25.9 Å². The van der Waals surface area contributed by atoms with Gasteiger partial charge in [0.15, 0.2) is 0 Å². The van der Waals surface area contributed by atoms with E-state index in [-0.39, 0.29) is 5.91 Å². The minimum Gasteiger partial charge on any atom is -0.366 e. The number of fused-ring (bicyclic) bond motifs is 1. The molecule has 3 aromatic rings. The number of amides is 2. The monoisotopic (exact) mass is 382 g/mol. The molecule has 1 aliphatic rings. The number of nitrogens with one attached hydrogen (secondary N) is 2. The summed E-state index contributed by atoms with van der Waals surface area (Å²) in [7, 11) is 0. The Hall–Kier alpha value is -2.64. The molecule has 0 saturated carbocycles. The lowest BCUT2D eigenvalue weighted by molar-refractivity contribution is -0.117. The Labute approximate surface area is 161 Å². The molecular formula is C20H22N4O2S. The van der Waals surface area contributed by atoms with E-state index < -0.39 is 5.91 Å². The van der Waals surface area contributed by atoms with Gasteiger partial charge < -0.3 is 16.0 Å². The number of benzene rings is 1. The molecule has 4 rings (SSSR count). The van der Waals surface area contributed by atoms with Crippen molar-refractivity contribution < 1.29 is 9.59 Å². The molecule has 0 unspecified atom stereocenters. The molecule has 7 heteroatoms. The summed E-state index contributed by atoms with van der Waals surface area (Å²) >= 11 is 1.31. The molecule has 1 aromatic carbocycles. The number of nitrogens with two attached hydrogens (primary N) is 1. The second-order valence-corrected chi connectivity index (χ2v) is 7.83. The predicted molar refractivity (Wildman–Crippen MR) is 108 cm³/mol. The second kappa shape index (κ2) is 7.54. The van der Waals surface area contributed by atoms with Crippen LogP contribution in [0.1, 0.15) is 34.7 Å². The molecule has 0 atom stereocenters. The van der Waals surface area contributed by atoms with Crippen molar-refractivity contribution in [3.63, 3.8) is 0 Å². The number of H-pyrrole nitrogens is 1. The molecule has 0 aliphatic carbocycles. The van der Waals surface area contributed by atoms with Crippen LogP contribution in [0.2, 0.25) is 0 Å². The van der Waals surface area contributed by atoms with Crippen molar-refractivity contribution in [1.82, 2.24) is 9.88 Å². The van der Waals surface area contributed by atoms with Gasteiger partial charge in [-0.25, -0.2) is 0 Å². The van der Waals surface area contributed by atoms with E-state index >= 15 is 0 Å². The second-order valence-electron chi connectivity index (χ2n) is 6.92. The fourth-order valence-electron chi connectivity index (χ4n) is 3.80. The quantitative estimate of drug-likeness (QED) is 0.633. The van der Waals surface area contributed by atoms with Crippen LogP contribution in [0.25, 0.3) is 10.9 Å². The number of hydrogen-bond acceptors (Lipinski definition) is 4. The lowest BCUT2D eigenvalue weighted by Crippen LogP contribution is -2.38. The number of nitrogens with zero attached hydrogens (tertiary/aromatic N) is 1. The van der Waals surface area contributed by atoms with Crippen LogP contribution < -0.4 is 11.1 Å². The summed E-state index contributed by atoms with van der Waals surface area (Å²) in [4.78, 5) is 29.2. The number of hydrogen-bond donors (Lipinski definition) is 3. The normalized spacial score (nSPS) is 15.9. The Morgan fingerprint density at radius 2 is 2.00 bits per heavy atom. The van der Waals surface area contributed by atoms with E-state index in [1.807, 2.05) is 6.07 Å². The van der Waals surface area contributed by atoms with Crippen molar-refractivity contribution in [1.29, 1.82) is 0 Å². The summed E-state index contributed by atoms with van der Waals surface area (Å²) in [6.07, 6.45) is 4.18. The third kappa shape index (κ3) is 3.74. The number of carbonyl (C=O) groups excluding carboxylic acids is 2. The minimum atomic E-state index is -0.522. The van der Waals surface area contributed by atoms with Crippen molar-refractivity contribution in [2.75, 3.05) is 25.0 Å². The molecule has 0 radical (unpaired) electrons. The van der Waals surface area contributed by atoms with E-state index in [1.54, 1.807) is 11.4 Å². The number of thiophene rings is 1. The molecule has 0 bridgehead atoms. The maximum atomic E-state index is 12.3. The molecule has 2 aromatic heterocycles. The van der Waals surface area contributed by atoms with Crippen molar-refractivity contribution in [2.45, 2.75) is 18.8 Å². The average Bonchev–Trinajstić information content (AvgIpc) is 3.29. The Balaban J connectivity index is 1.33. The first-order chi connectivity index (χ1) is 13.1. The Morgan fingerprint density at radius 1 is 1.22 bits per heavy atom. The highest BCUT2D eigenvalue weighted by Gasteiger charge is 2.24. The zero-order valence-electron chi connectivity index (χ0n) is 14.9. The standard InChI is InChI=1S/C20H22N4O2S/c21-19(26)15-7-10-27-20(15)23-18(25)12-24-8-5-13(6-9-24)16-11-22-17-4-2-1-3-14(16)17/h1-4,7,10-11,13,22H,5-6,8-9,12H2,(H2,21,26)(H,23,25). The van der Waals surface area contributed by atoms with Gasteiger partial charge in [-0.1, -0.05) is 18.2 Å². The van der Waals surface area contributed by atoms with Crippen LogP contribution in [0, 0.1) is 0 Å². The van der Waals surface area contributed by atoms with E-state index in [0.29, 0.717) is 23.0 Å². The summed E-state index contributed by atoms with van der Waals surface area (Å²) in [6.45, 7) is 2.09. The first kappa shape index (κ1) is 17.8. The van der Waals surface area contributed by atoms with Gasteiger partial charge in [-0.05, 0) is 54.9 Å². The zero-order chi connectivity index (χ0) is 18.8. The number of carbonyl (C=O) groups is 2. The van der Waals surface area contributed by atoms with Crippen LogP contribution in [0.4, 0.5) is 5.00 Å². The highest BCUT2D eigenvalue weighted by Crippen LogP contribution is 2.33. The lowest BCUT2D eigenvalue weighted by atomic mass is 9.89. The van der Waals surface area contributed by atoms with E-state index in [4.69, 9.17) is 5.73 Å². The molecule has 0 spiro atoms. The van der Waals surface area contributed by atoms with Crippen LogP contribution in [0.15, 0.2) is 41.9 Å². The van der Waals surface area contributed by atoms with Gasteiger partial charge in [0.1, 0.15) is 5.00 Å². The molecule has 27 heavy (non-hydrogen) atoms. The SMILES string of the molecule is NC(=O)c1ccsc1NC(=O)CN1CCC(c2c[nH]c3ccccc23)CC1. The molecule has 1 fully saturated rings. The number of anilines is 1. The summed E-state index contributed by atoms with van der Waals surface area (Å²) in [5.74, 6) is -0.115. The first-order valence-electron chi connectivity index (χ1n) is 9.07. The van der Waals surface area contributed by atoms with Gasteiger partial charge in [0, 0.05) is 17.1 Å². The third-order valence-electron chi connectivity index (χ3n) is 5.20. The van der Waals surface area contributed by atoms with E-state index in [2.05, 4.69) is 39.6 Å². The molecule has 3 heterocycles. The Kier molecular flexibility index (Phi) is 4.96. The summed E-state index contributed by atoms with van der Waals surface area (Å²) in [5, 5.41) is 6.39. The number of primary amides is 1. The van der Waals surface area contributed by atoms with Gasteiger partial charge in [-0.3, -0.25) is 14.5 Å². The fraction of sp³-hybridized carbons (Fsp3) is 0.300. The van der Waals surface area contributed by atoms with Gasteiger partial charge in [0.05, 0.1) is 12.1 Å². The fourth-order valence-corrected chi connectivity index (χ4v) is 4.61. The van der Waals surface area contributed by atoms with E-state index in [1.165, 1.54) is 27.8 Å². The maximum Gasteiger partial charge on any atom is 0.251 e. The topological polar surface area (TPSA) is 91.2 Å². The van der Waals surface area contributed by atoms with E-state index in [9.17, 15) is 9.59 Å². The third-order valence-corrected chi connectivity index (χ3v) is 6.03. The predicted octanol–water partition coefficient (Wildman–Crippen LogP) is 3.15. The maximum absolute atomic E-state index is 12.3. The summed E-state index contributed by atoms with van der Waals surface area (Å²) < 4.78 is 0. The van der Waals surface area contributed by atoms with Gasteiger partial charge in [-0.15, -0.1) is 11.3 Å². The van der Waals surface area contributed by atoms with Crippen LogP contribution in [-0.2, 0) is 4.79 Å². The van der Waals surface area contributed by atoms with Crippen molar-refractivity contribution in [2.24, 2.45) is 5.73 Å². The van der Waals surface area contributed by atoms with Crippen molar-refractivity contribution in [3.05, 3.63) is 53.0 Å². The Bertz CT molecular complexity index is 969. The molecule has 1 saturated heterocycles. The molecule has 2 amide bonds. The van der Waals surface area contributed by atoms with Crippen LogP contribution in [0.5, 0.6) is 0 Å². The zero-order valence-corrected chi connectivity index (χ0v) is 15.7. The lowest BCUT2D eigenvalue weighted by Gasteiger charge is -2.31. The smallest absolute Gasteiger partial charge is 0.251 e. The number of piperidine rings is 1. The van der Waals surface area contributed by atoms with Gasteiger partial charge in [0.25, 0.3) is 5.91 Å². The van der Waals surface area contributed by atoms with Gasteiger partial charge >= 0.3 is 0 Å². The minimum absolute atomic E-state index is 0.106. The number of rotatable bonds is 5. The largest absolute Gasteiger partial charge is 0.366 e. The molecule has 4 N–H and O–H groups in total. The van der Waals surface area contributed by atoms with Gasteiger partial charge in [-0.2, -0.15) is 0 Å². The summed E-state index contributed by atoms with van der Waals surface area (Å²) in [6, 6.07) is 10.0. The molecule has 1 aliphatic heterocycles. The number of aromatic amines is 1. The van der Waals surface area contributed by atoms with Crippen LogP contribution in [-0.4, -0.2) is 41.3 Å². The number of para-hydroxylation sites is 1. The summed E-state index contributed by atoms with van der Waals surface area (Å²) in [5.41, 5.74) is 8.24. The van der Waals surface area contributed by atoms with Crippen molar-refractivity contribution in [3.8, 4) is 0 Å². The number of aromatic nitrogens is 1. The first-order valence-corrected chi connectivity index (χ1v) is 9.95. The Morgan fingerprint density at radius 3 is 2.78 bits per heavy atom. The van der Waals surface area contributed by atoms with Gasteiger partial charge in [0.2, 0.25) is 5.91 Å². The molecular weight excluding hydrogens is 360 g/mol. The molecule has 6 nitrogen and oxygen atoms in total. The van der Waals surface area contributed by atoms with Crippen LogP contribution in [0.3, 0.4) is 0 Å². The molecule has 140 valence electrons.